The van der Waals surface area contributed by atoms with Gasteiger partial charge in [0.25, 0.3) is 0 Å². The SMILES string of the molecule is O=C(Cc1cccc(F)c1)Nc1ccc(Nc2cccc(Cl)c2)nc1. The zero-order valence-corrected chi connectivity index (χ0v) is 13.9. The number of rotatable bonds is 5. The van der Waals surface area contributed by atoms with Gasteiger partial charge in [-0.2, -0.15) is 0 Å². The molecule has 0 saturated carbocycles. The van der Waals surface area contributed by atoms with Gasteiger partial charge in [0.15, 0.2) is 0 Å². The lowest BCUT2D eigenvalue weighted by Crippen LogP contribution is -2.14. The van der Waals surface area contributed by atoms with E-state index in [-0.39, 0.29) is 18.1 Å². The van der Waals surface area contributed by atoms with Gasteiger partial charge in [-0.05, 0) is 48.0 Å². The van der Waals surface area contributed by atoms with E-state index < -0.39 is 0 Å². The molecule has 4 nitrogen and oxygen atoms in total. The zero-order valence-electron chi connectivity index (χ0n) is 13.2. The van der Waals surface area contributed by atoms with E-state index in [0.29, 0.717) is 22.1 Å². The van der Waals surface area contributed by atoms with E-state index in [0.717, 1.165) is 5.69 Å². The number of benzene rings is 2. The largest absolute Gasteiger partial charge is 0.340 e. The lowest BCUT2D eigenvalue weighted by atomic mass is 10.1. The van der Waals surface area contributed by atoms with Crippen molar-refractivity contribution in [3.8, 4) is 0 Å². The molecule has 1 amide bonds. The van der Waals surface area contributed by atoms with Crippen LogP contribution in [0.4, 0.5) is 21.6 Å². The first-order chi connectivity index (χ1) is 12.1. The van der Waals surface area contributed by atoms with Gasteiger partial charge in [0.2, 0.25) is 5.91 Å². The van der Waals surface area contributed by atoms with E-state index >= 15 is 0 Å². The Bertz CT molecular complexity index is 884. The van der Waals surface area contributed by atoms with Crippen molar-refractivity contribution in [3.05, 3.63) is 83.3 Å². The molecule has 0 bridgehead atoms. The number of amides is 1. The minimum atomic E-state index is -0.358. The van der Waals surface area contributed by atoms with Gasteiger partial charge < -0.3 is 10.6 Å². The fraction of sp³-hybridized carbons (Fsp3) is 0.0526. The number of hydrogen-bond donors (Lipinski definition) is 2. The van der Waals surface area contributed by atoms with Gasteiger partial charge in [-0.15, -0.1) is 0 Å². The van der Waals surface area contributed by atoms with Crippen molar-refractivity contribution >= 4 is 34.7 Å². The molecule has 126 valence electrons. The minimum absolute atomic E-state index is 0.0975. The zero-order chi connectivity index (χ0) is 17.6. The van der Waals surface area contributed by atoms with Crippen molar-refractivity contribution in [2.45, 2.75) is 6.42 Å². The number of pyridine rings is 1. The van der Waals surface area contributed by atoms with Crippen LogP contribution in [0.2, 0.25) is 5.02 Å². The van der Waals surface area contributed by atoms with Crippen molar-refractivity contribution in [2.24, 2.45) is 0 Å². The Balaban J connectivity index is 1.59. The quantitative estimate of drug-likeness (QED) is 0.691. The van der Waals surface area contributed by atoms with Crippen molar-refractivity contribution in [2.75, 3.05) is 10.6 Å². The summed E-state index contributed by atoms with van der Waals surface area (Å²) in [6, 6.07) is 16.8. The van der Waals surface area contributed by atoms with Crippen LogP contribution in [0.5, 0.6) is 0 Å². The van der Waals surface area contributed by atoms with Gasteiger partial charge in [0, 0.05) is 10.7 Å². The van der Waals surface area contributed by atoms with Crippen LogP contribution in [0.25, 0.3) is 0 Å². The standard InChI is InChI=1S/C19H15ClFN3O/c20-14-4-2-6-16(11-14)23-18-8-7-17(12-22-18)24-19(25)10-13-3-1-5-15(21)9-13/h1-9,11-12H,10H2,(H,22,23)(H,24,25). The van der Waals surface area contributed by atoms with Crippen LogP contribution in [0, 0.1) is 5.82 Å². The summed E-state index contributed by atoms with van der Waals surface area (Å²) in [6.07, 6.45) is 1.65. The number of halogens is 2. The third-order valence-corrected chi connectivity index (χ3v) is 3.63. The number of nitrogens with zero attached hydrogens (tertiary/aromatic N) is 1. The van der Waals surface area contributed by atoms with Gasteiger partial charge in [-0.25, -0.2) is 9.37 Å². The normalized spacial score (nSPS) is 10.3. The van der Waals surface area contributed by atoms with Crippen molar-refractivity contribution < 1.29 is 9.18 Å². The first-order valence-electron chi connectivity index (χ1n) is 7.61. The molecule has 3 rings (SSSR count). The molecule has 1 heterocycles. The molecule has 0 unspecified atom stereocenters. The molecule has 0 saturated heterocycles. The maximum absolute atomic E-state index is 13.1. The molecule has 6 heteroatoms. The lowest BCUT2D eigenvalue weighted by molar-refractivity contribution is -0.115. The minimum Gasteiger partial charge on any atom is -0.340 e. The maximum atomic E-state index is 13.1. The molecule has 0 aliphatic carbocycles. The van der Waals surface area contributed by atoms with E-state index in [2.05, 4.69) is 15.6 Å². The van der Waals surface area contributed by atoms with Crippen LogP contribution >= 0.6 is 11.6 Å². The van der Waals surface area contributed by atoms with E-state index in [1.807, 2.05) is 12.1 Å². The van der Waals surface area contributed by atoms with E-state index in [1.165, 1.54) is 12.1 Å². The molecule has 0 fully saturated rings. The average Bonchev–Trinajstić information content (AvgIpc) is 2.57. The predicted molar refractivity (Wildman–Crippen MR) is 97.7 cm³/mol. The van der Waals surface area contributed by atoms with Crippen LogP contribution in [-0.4, -0.2) is 10.9 Å². The molecule has 0 aliphatic rings. The van der Waals surface area contributed by atoms with E-state index in [4.69, 9.17) is 11.6 Å². The summed E-state index contributed by atoms with van der Waals surface area (Å²) >= 11 is 5.94. The van der Waals surface area contributed by atoms with Crippen LogP contribution in [0.1, 0.15) is 5.56 Å². The molecular formula is C19H15ClFN3O. The Morgan fingerprint density at radius 1 is 1.04 bits per heavy atom. The van der Waals surface area contributed by atoms with E-state index in [9.17, 15) is 9.18 Å². The van der Waals surface area contributed by atoms with Crippen LogP contribution < -0.4 is 10.6 Å². The fourth-order valence-electron chi connectivity index (χ4n) is 2.29. The summed E-state index contributed by atoms with van der Waals surface area (Å²) < 4.78 is 13.1. The van der Waals surface area contributed by atoms with Gasteiger partial charge >= 0.3 is 0 Å². The van der Waals surface area contributed by atoms with Crippen molar-refractivity contribution in [3.63, 3.8) is 0 Å². The fourth-order valence-corrected chi connectivity index (χ4v) is 2.48. The second-order valence-electron chi connectivity index (χ2n) is 5.42. The topological polar surface area (TPSA) is 54.0 Å². The molecule has 3 aromatic rings. The number of aromatic nitrogens is 1. The van der Waals surface area contributed by atoms with Gasteiger partial charge in [0.1, 0.15) is 11.6 Å². The second kappa shape index (κ2) is 7.77. The summed E-state index contributed by atoms with van der Waals surface area (Å²) in [5.74, 6) is 0.0387. The molecule has 0 atom stereocenters. The van der Waals surface area contributed by atoms with Gasteiger partial charge in [0.05, 0.1) is 18.3 Å². The molecule has 2 aromatic carbocycles. The molecule has 1 aromatic heterocycles. The third kappa shape index (κ3) is 5.02. The third-order valence-electron chi connectivity index (χ3n) is 3.40. The Kier molecular flexibility index (Phi) is 5.26. The van der Waals surface area contributed by atoms with Crippen LogP contribution in [-0.2, 0) is 11.2 Å². The Morgan fingerprint density at radius 3 is 2.60 bits per heavy atom. The first-order valence-corrected chi connectivity index (χ1v) is 7.99. The number of anilines is 3. The molecule has 0 spiro atoms. The number of nitrogens with one attached hydrogen (secondary N) is 2. The molecule has 2 N–H and O–H groups in total. The van der Waals surface area contributed by atoms with Gasteiger partial charge in [-0.3, -0.25) is 4.79 Å². The summed E-state index contributed by atoms with van der Waals surface area (Å²) in [5.41, 5.74) is 2.01. The Labute approximate surface area is 149 Å². The average molecular weight is 356 g/mol. The molecule has 25 heavy (non-hydrogen) atoms. The van der Waals surface area contributed by atoms with Crippen LogP contribution in [0.3, 0.4) is 0 Å². The number of carbonyl (C=O) groups excluding carboxylic acids is 1. The second-order valence-corrected chi connectivity index (χ2v) is 5.86. The van der Waals surface area contributed by atoms with Crippen molar-refractivity contribution in [1.29, 1.82) is 0 Å². The number of carbonyl (C=O) groups is 1. The highest BCUT2D eigenvalue weighted by Gasteiger charge is 2.06. The smallest absolute Gasteiger partial charge is 0.228 e. The highest BCUT2D eigenvalue weighted by molar-refractivity contribution is 6.30. The molecular weight excluding hydrogens is 341 g/mol. The highest BCUT2D eigenvalue weighted by atomic mass is 35.5. The predicted octanol–water partition coefficient (Wildman–Crippen LogP) is 4.80. The summed E-state index contributed by atoms with van der Waals surface area (Å²) in [7, 11) is 0. The van der Waals surface area contributed by atoms with E-state index in [1.54, 1.807) is 42.6 Å². The monoisotopic (exact) mass is 355 g/mol. The number of hydrogen-bond acceptors (Lipinski definition) is 3. The highest BCUT2D eigenvalue weighted by Crippen LogP contribution is 2.19. The maximum Gasteiger partial charge on any atom is 0.228 e. The van der Waals surface area contributed by atoms with Gasteiger partial charge in [-0.1, -0.05) is 29.8 Å². The summed E-state index contributed by atoms with van der Waals surface area (Å²) in [6.45, 7) is 0. The first kappa shape index (κ1) is 16.9. The Hall–Kier alpha value is -2.92. The molecule has 0 radical (unpaired) electrons. The summed E-state index contributed by atoms with van der Waals surface area (Å²) in [4.78, 5) is 16.3. The molecule has 0 aliphatic heterocycles. The Morgan fingerprint density at radius 2 is 1.88 bits per heavy atom. The van der Waals surface area contributed by atoms with Crippen molar-refractivity contribution in [1.82, 2.24) is 4.98 Å². The lowest BCUT2D eigenvalue weighted by Gasteiger charge is -2.08. The summed E-state index contributed by atoms with van der Waals surface area (Å²) in [5, 5.41) is 6.49. The van der Waals surface area contributed by atoms with Crippen LogP contribution in [0.15, 0.2) is 66.9 Å².